The van der Waals surface area contributed by atoms with Gasteiger partial charge in [-0.05, 0) is 74.8 Å². The Morgan fingerprint density at radius 2 is 0.807 bits per heavy atom. The molecule has 0 fully saturated rings. The molecule has 0 aliphatic heterocycles. The van der Waals surface area contributed by atoms with Gasteiger partial charge in [-0.3, -0.25) is 0 Å². The molecule has 264 valence electrons. The molecule has 0 amide bonds. The van der Waals surface area contributed by atoms with Crippen molar-refractivity contribution >= 4 is 117 Å². The molecule has 0 aliphatic carbocycles. The predicted octanol–water partition coefficient (Wildman–Crippen LogP) is 15.0. The van der Waals surface area contributed by atoms with Gasteiger partial charge in [0.15, 0.2) is 17.5 Å². The number of aromatic nitrogens is 3. The van der Waals surface area contributed by atoms with Crippen LogP contribution in [0.5, 0.6) is 0 Å². The summed E-state index contributed by atoms with van der Waals surface area (Å²) in [4.78, 5) is 16.5. The van der Waals surface area contributed by atoms with E-state index in [1.165, 1.54) is 51.1 Å². The first-order valence-electron chi connectivity index (χ1n) is 19.0. The molecule has 13 aromatic rings. The zero-order valence-electron chi connectivity index (χ0n) is 30.2. The molecular weight excluding hydrogens is 735 g/mol. The minimum atomic E-state index is 0.609. The lowest BCUT2D eigenvalue weighted by molar-refractivity contribution is 0.669. The van der Waals surface area contributed by atoms with Crippen molar-refractivity contribution in [3.8, 4) is 34.2 Å². The average Bonchev–Trinajstić information content (AvgIpc) is 3.97. The molecule has 0 unspecified atom stereocenters. The molecule has 13 rings (SSSR count). The topological polar surface area (TPSA) is 51.8 Å². The van der Waals surface area contributed by atoms with Gasteiger partial charge in [0, 0.05) is 67.8 Å². The van der Waals surface area contributed by atoms with Crippen LogP contribution in [0.3, 0.4) is 0 Å². The summed E-state index contributed by atoms with van der Waals surface area (Å²) in [6.07, 6.45) is 0. The van der Waals surface area contributed by atoms with E-state index in [0.29, 0.717) is 17.5 Å². The molecule has 0 radical (unpaired) electrons. The minimum absolute atomic E-state index is 0.609. The van der Waals surface area contributed by atoms with Gasteiger partial charge in [0.25, 0.3) is 0 Å². The van der Waals surface area contributed by atoms with Crippen molar-refractivity contribution in [2.24, 2.45) is 0 Å². The number of furan rings is 1. The number of hydrogen-bond acceptors (Lipinski definition) is 6. The van der Waals surface area contributed by atoms with Crippen molar-refractivity contribution < 1.29 is 4.42 Å². The second-order valence-electron chi connectivity index (χ2n) is 14.7. The maximum atomic E-state index is 6.57. The summed E-state index contributed by atoms with van der Waals surface area (Å²) in [5.74, 6) is 1.90. The van der Waals surface area contributed by atoms with Crippen molar-refractivity contribution in [3.05, 3.63) is 164 Å². The summed E-state index contributed by atoms with van der Waals surface area (Å²) in [7, 11) is 0. The Morgan fingerprint density at radius 1 is 0.333 bits per heavy atom. The fraction of sp³-hybridized carbons (Fsp3) is 0. The third-order valence-electron chi connectivity index (χ3n) is 11.5. The van der Waals surface area contributed by atoms with E-state index in [-0.39, 0.29) is 0 Å². The van der Waals surface area contributed by atoms with Crippen LogP contribution in [0, 0.1) is 0 Å². The number of rotatable bonds is 3. The maximum absolute atomic E-state index is 6.57. The van der Waals surface area contributed by atoms with Gasteiger partial charge in [0.2, 0.25) is 0 Å². The highest BCUT2D eigenvalue weighted by atomic mass is 32.1. The highest BCUT2D eigenvalue weighted by Crippen LogP contribution is 2.47. The van der Waals surface area contributed by atoms with E-state index in [4.69, 9.17) is 19.4 Å². The Kier molecular flexibility index (Phi) is 6.45. The normalized spacial score (nSPS) is 12.2. The zero-order chi connectivity index (χ0) is 37.2. The molecule has 0 bridgehead atoms. The van der Waals surface area contributed by atoms with Crippen molar-refractivity contribution in [1.29, 1.82) is 0 Å². The standard InChI is InChI=1S/C51H27N3OS2/c1-2-13-29-27-41-37(24-28(29)12-1)44-36(20-11-21-40(44)55-41)49-52-50(38-25-30-14-3-5-16-32(30)47-45(38)34-18-7-9-22-42(34)56-47)54-51(53-49)39-26-31-15-4-6-17-33(31)48-46(39)35-19-8-10-23-43(35)57-48/h1-27H. The van der Waals surface area contributed by atoms with Crippen LogP contribution < -0.4 is 0 Å². The van der Waals surface area contributed by atoms with Crippen LogP contribution in [-0.2, 0) is 0 Å². The quantitative estimate of drug-likeness (QED) is 0.180. The highest BCUT2D eigenvalue weighted by molar-refractivity contribution is 7.27. The first-order valence-corrected chi connectivity index (χ1v) is 20.6. The van der Waals surface area contributed by atoms with Gasteiger partial charge < -0.3 is 4.42 Å². The number of thiophene rings is 2. The van der Waals surface area contributed by atoms with Crippen LogP contribution in [0.25, 0.3) is 129 Å². The van der Waals surface area contributed by atoms with E-state index in [9.17, 15) is 0 Å². The number of benzene rings is 9. The van der Waals surface area contributed by atoms with E-state index in [1.54, 1.807) is 0 Å². The van der Waals surface area contributed by atoms with E-state index in [2.05, 4.69) is 152 Å². The number of nitrogens with zero attached hydrogens (tertiary/aromatic N) is 3. The van der Waals surface area contributed by atoms with Gasteiger partial charge in [-0.2, -0.15) is 0 Å². The zero-order valence-corrected chi connectivity index (χ0v) is 31.8. The van der Waals surface area contributed by atoms with Crippen LogP contribution in [0.2, 0.25) is 0 Å². The number of hydrogen-bond donors (Lipinski definition) is 0. The van der Waals surface area contributed by atoms with Gasteiger partial charge in [0.05, 0.1) is 0 Å². The van der Waals surface area contributed by atoms with Gasteiger partial charge in [-0.15, -0.1) is 22.7 Å². The van der Waals surface area contributed by atoms with Gasteiger partial charge in [-0.1, -0.05) is 121 Å². The second kappa shape index (κ2) is 11.8. The van der Waals surface area contributed by atoms with Crippen LogP contribution in [-0.4, -0.2) is 15.0 Å². The van der Waals surface area contributed by atoms with E-state index >= 15 is 0 Å². The summed E-state index contributed by atoms with van der Waals surface area (Å²) < 4.78 is 11.5. The fourth-order valence-corrected chi connectivity index (χ4v) is 11.4. The van der Waals surface area contributed by atoms with Gasteiger partial charge in [-0.25, -0.2) is 15.0 Å². The lowest BCUT2D eigenvalue weighted by Crippen LogP contribution is -2.01. The average molecular weight is 762 g/mol. The predicted molar refractivity (Wildman–Crippen MR) is 242 cm³/mol. The van der Waals surface area contributed by atoms with E-state index < -0.39 is 0 Å². The molecule has 9 aromatic carbocycles. The Labute approximate surface area is 332 Å². The van der Waals surface area contributed by atoms with Crippen LogP contribution in [0.1, 0.15) is 0 Å². The Hall–Kier alpha value is -6.99. The Morgan fingerprint density at radius 3 is 1.39 bits per heavy atom. The van der Waals surface area contributed by atoms with Gasteiger partial charge in [0.1, 0.15) is 11.2 Å². The third-order valence-corrected chi connectivity index (χ3v) is 13.9. The molecule has 6 heteroatoms. The molecule has 4 heterocycles. The number of fused-ring (bicyclic) bond motifs is 14. The maximum Gasteiger partial charge on any atom is 0.164 e. The molecular formula is C51H27N3OS2. The van der Waals surface area contributed by atoms with Gasteiger partial charge >= 0.3 is 0 Å². The minimum Gasteiger partial charge on any atom is -0.456 e. The smallest absolute Gasteiger partial charge is 0.164 e. The van der Waals surface area contributed by atoms with Crippen molar-refractivity contribution in [3.63, 3.8) is 0 Å². The van der Waals surface area contributed by atoms with Crippen molar-refractivity contribution in [2.45, 2.75) is 0 Å². The molecule has 0 saturated carbocycles. The van der Waals surface area contributed by atoms with Crippen LogP contribution in [0.4, 0.5) is 0 Å². The fourth-order valence-electron chi connectivity index (χ4n) is 8.91. The van der Waals surface area contributed by atoms with E-state index in [1.807, 2.05) is 34.8 Å². The highest BCUT2D eigenvalue weighted by Gasteiger charge is 2.23. The molecule has 0 aliphatic rings. The largest absolute Gasteiger partial charge is 0.456 e. The lowest BCUT2D eigenvalue weighted by Gasteiger charge is -2.13. The summed E-state index contributed by atoms with van der Waals surface area (Å²) in [5, 5.41) is 13.8. The summed E-state index contributed by atoms with van der Waals surface area (Å²) >= 11 is 3.66. The molecule has 4 aromatic heterocycles. The Bertz CT molecular complexity index is 3660. The van der Waals surface area contributed by atoms with Crippen molar-refractivity contribution in [2.75, 3.05) is 0 Å². The molecule has 57 heavy (non-hydrogen) atoms. The summed E-state index contributed by atoms with van der Waals surface area (Å²) in [5.41, 5.74) is 4.54. The molecule has 0 saturated heterocycles. The molecule has 0 spiro atoms. The Balaban J connectivity index is 1.19. The first-order chi connectivity index (χ1) is 28.2. The first kappa shape index (κ1) is 31.2. The second-order valence-corrected chi connectivity index (χ2v) is 16.8. The molecule has 4 nitrogen and oxygen atoms in total. The van der Waals surface area contributed by atoms with Crippen LogP contribution >= 0.6 is 22.7 Å². The van der Waals surface area contributed by atoms with Crippen LogP contribution in [0.15, 0.2) is 168 Å². The molecule has 0 N–H and O–H groups in total. The summed E-state index contributed by atoms with van der Waals surface area (Å²) in [6, 6.07) is 58.2. The monoisotopic (exact) mass is 761 g/mol. The van der Waals surface area contributed by atoms with Crippen molar-refractivity contribution in [1.82, 2.24) is 15.0 Å². The lowest BCUT2D eigenvalue weighted by atomic mass is 9.98. The third kappa shape index (κ3) is 4.57. The SMILES string of the molecule is c1ccc2cc3c(cc2c1)oc1cccc(-c2nc(-c4cc5ccccc5c5sc6ccccc6c45)nc(-c4cc5ccccc5c5sc6ccccc6c45)n2)c13. The summed E-state index contributed by atoms with van der Waals surface area (Å²) in [6.45, 7) is 0. The van der Waals surface area contributed by atoms with E-state index in [0.717, 1.165) is 60.2 Å². The molecule has 0 atom stereocenters.